The molecule has 1 N–H and O–H groups in total. The summed E-state index contributed by atoms with van der Waals surface area (Å²) in [6.45, 7) is 0.111. The molecule has 1 aliphatic rings. The highest BCUT2D eigenvalue weighted by Gasteiger charge is 2.45. The molecule has 0 radical (unpaired) electrons. The predicted molar refractivity (Wildman–Crippen MR) is 55.8 cm³/mol. The lowest BCUT2D eigenvalue weighted by Gasteiger charge is -2.14. The van der Waals surface area contributed by atoms with Crippen molar-refractivity contribution in [2.24, 2.45) is 5.41 Å². The minimum atomic E-state index is -1.03. The molecule has 0 aliphatic heterocycles. The predicted octanol–water partition coefficient (Wildman–Crippen LogP) is 2.60. The average Bonchev–Trinajstić information content (AvgIpc) is 3.00. The van der Waals surface area contributed by atoms with Gasteiger partial charge in [0.1, 0.15) is 0 Å². The Morgan fingerprint density at radius 1 is 1.41 bits per heavy atom. The molecule has 2 rings (SSSR count). The third-order valence-electron chi connectivity index (χ3n) is 2.93. The second-order valence-corrected chi connectivity index (χ2v) is 4.41. The Morgan fingerprint density at radius 3 is 2.71 bits per heavy atom. The molecule has 0 spiro atoms. The number of carbonyl (C=O) groups is 1. The third-order valence-corrected chi connectivity index (χ3v) is 2.93. The molecule has 0 bridgehead atoms. The molecule has 0 unspecified atom stereocenters. The topological polar surface area (TPSA) is 46.5 Å². The van der Waals surface area contributed by atoms with Crippen LogP contribution in [0.1, 0.15) is 19.3 Å². The number of halogens is 2. The number of benzene rings is 1. The van der Waals surface area contributed by atoms with Crippen molar-refractivity contribution < 1.29 is 23.4 Å². The first kappa shape index (κ1) is 11.8. The second-order valence-electron chi connectivity index (χ2n) is 4.41. The zero-order valence-electron chi connectivity index (χ0n) is 9.08. The highest BCUT2D eigenvalue weighted by atomic mass is 19.2. The van der Waals surface area contributed by atoms with Gasteiger partial charge in [0.05, 0.1) is 13.0 Å². The third kappa shape index (κ3) is 2.72. The SMILES string of the molecule is O=C(O)CC1(COc2cccc(F)c2F)CC1. The molecule has 0 amide bonds. The fourth-order valence-electron chi connectivity index (χ4n) is 1.70. The maximum Gasteiger partial charge on any atom is 0.304 e. The van der Waals surface area contributed by atoms with Gasteiger partial charge in [0, 0.05) is 5.41 Å². The van der Waals surface area contributed by atoms with E-state index in [-0.39, 0.29) is 18.8 Å². The van der Waals surface area contributed by atoms with E-state index < -0.39 is 23.0 Å². The van der Waals surface area contributed by atoms with E-state index in [1.165, 1.54) is 12.1 Å². The Bertz CT molecular complexity index is 441. The lowest BCUT2D eigenvalue weighted by atomic mass is 10.0. The van der Waals surface area contributed by atoms with Crippen molar-refractivity contribution in [2.75, 3.05) is 6.61 Å². The summed E-state index contributed by atoms with van der Waals surface area (Å²) in [5, 5.41) is 8.70. The van der Waals surface area contributed by atoms with Crippen molar-refractivity contribution >= 4 is 5.97 Å². The highest BCUT2D eigenvalue weighted by molar-refractivity contribution is 5.68. The number of carboxylic acids is 1. The van der Waals surface area contributed by atoms with Crippen LogP contribution in [0.3, 0.4) is 0 Å². The van der Waals surface area contributed by atoms with E-state index in [0.717, 1.165) is 18.9 Å². The van der Waals surface area contributed by atoms with Gasteiger partial charge in [-0.1, -0.05) is 6.07 Å². The van der Waals surface area contributed by atoms with Crippen LogP contribution in [0.25, 0.3) is 0 Å². The molecule has 1 aliphatic carbocycles. The van der Waals surface area contributed by atoms with Crippen LogP contribution in [0.5, 0.6) is 5.75 Å². The van der Waals surface area contributed by atoms with E-state index in [9.17, 15) is 13.6 Å². The Labute approximate surface area is 97.0 Å². The molecule has 92 valence electrons. The first-order valence-electron chi connectivity index (χ1n) is 5.31. The molecular weight excluding hydrogens is 230 g/mol. The standard InChI is InChI=1S/C12H12F2O3/c13-8-2-1-3-9(11(8)14)17-7-12(4-5-12)6-10(15)16/h1-3H,4-7H2,(H,15,16). The highest BCUT2D eigenvalue weighted by Crippen LogP contribution is 2.49. The van der Waals surface area contributed by atoms with Crippen LogP contribution in [-0.4, -0.2) is 17.7 Å². The van der Waals surface area contributed by atoms with Crippen LogP contribution in [0.4, 0.5) is 8.78 Å². The van der Waals surface area contributed by atoms with Gasteiger partial charge < -0.3 is 9.84 Å². The zero-order valence-corrected chi connectivity index (χ0v) is 9.08. The number of hydrogen-bond donors (Lipinski definition) is 1. The summed E-state index contributed by atoms with van der Waals surface area (Å²) in [6, 6.07) is 3.69. The van der Waals surface area contributed by atoms with Crippen LogP contribution in [0.2, 0.25) is 0 Å². The monoisotopic (exact) mass is 242 g/mol. The molecule has 1 saturated carbocycles. The quantitative estimate of drug-likeness (QED) is 0.863. The minimum Gasteiger partial charge on any atom is -0.490 e. The number of ether oxygens (including phenoxy) is 1. The fourth-order valence-corrected chi connectivity index (χ4v) is 1.70. The molecule has 0 aromatic heterocycles. The molecule has 0 atom stereocenters. The second kappa shape index (κ2) is 4.31. The van der Waals surface area contributed by atoms with Gasteiger partial charge in [-0.15, -0.1) is 0 Å². The summed E-state index contributed by atoms with van der Waals surface area (Å²) >= 11 is 0. The largest absolute Gasteiger partial charge is 0.490 e. The molecule has 3 nitrogen and oxygen atoms in total. The summed E-state index contributed by atoms with van der Waals surface area (Å²) in [5.41, 5.74) is -0.398. The summed E-state index contributed by atoms with van der Waals surface area (Å²) in [7, 11) is 0. The van der Waals surface area contributed by atoms with Crippen molar-refractivity contribution in [2.45, 2.75) is 19.3 Å². The van der Waals surface area contributed by atoms with Gasteiger partial charge in [0.25, 0.3) is 0 Å². The van der Waals surface area contributed by atoms with Crippen molar-refractivity contribution in [1.29, 1.82) is 0 Å². The van der Waals surface area contributed by atoms with Gasteiger partial charge in [-0.2, -0.15) is 4.39 Å². The maximum absolute atomic E-state index is 13.2. The van der Waals surface area contributed by atoms with E-state index in [4.69, 9.17) is 9.84 Å². The average molecular weight is 242 g/mol. The Morgan fingerprint density at radius 2 is 2.12 bits per heavy atom. The van der Waals surface area contributed by atoms with Gasteiger partial charge in [-0.05, 0) is 25.0 Å². The molecule has 0 saturated heterocycles. The Hall–Kier alpha value is -1.65. The first-order chi connectivity index (χ1) is 8.02. The summed E-state index contributed by atoms with van der Waals surface area (Å²) < 4.78 is 31.3. The van der Waals surface area contributed by atoms with Gasteiger partial charge in [0.2, 0.25) is 5.82 Å². The molecule has 1 fully saturated rings. The molecule has 1 aromatic carbocycles. The fraction of sp³-hybridized carbons (Fsp3) is 0.417. The lowest BCUT2D eigenvalue weighted by Crippen LogP contribution is -2.17. The van der Waals surface area contributed by atoms with Gasteiger partial charge in [-0.3, -0.25) is 4.79 Å². The van der Waals surface area contributed by atoms with E-state index in [0.29, 0.717) is 0 Å². The normalized spacial score (nSPS) is 16.6. The van der Waals surface area contributed by atoms with E-state index in [1.54, 1.807) is 0 Å². The van der Waals surface area contributed by atoms with Crippen molar-refractivity contribution in [3.05, 3.63) is 29.8 Å². The van der Waals surface area contributed by atoms with Gasteiger partial charge in [0.15, 0.2) is 11.6 Å². The molecule has 1 aromatic rings. The number of carboxylic acid groups (broad SMARTS) is 1. The Kier molecular flexibility index (Phi) is 3.00. The van der Waals surface area contributed by atoms with Crippen molar-refractivity contribution in [1.82, 2.24) is 0 Å². The van der Waals surface area contributed by atoms with Crippen LogP contribution in [-0.2, 0) is 4.79 Å². The zero-order chi connectivity index (χ0) is 12.5. The lowest BCUT2D eigenvalue weighted by molar-refractivity contribution is -0.138. The Balaban J connectivity index is 1.98. The molecule has 0 heterocycles. The van der Waals surface area contributed by atoms with Crippen molar-refractivity contribution in [3.8, 4) is 5.75 Å². The van der Waals surface area contributed by atoms with Crippen LogP contribution in [0.15, 0.2) is 18.2 Å². The number of rotatable bonds is 5. The van der Waals surface area contributed by atoms with Crippen molar-refractivity contribution in [3.63, 3.8) is 0 Å². The first-order valence-corrected chi connectivity index (χ1v) is 5.31. The van der Waals surface area contributed by atoms with Crippen LogP contribution >= 0.6 is 0 Å². The maximum atomic E-state index is 13.2. The summed E-state index contributed by atoms with van der Waals surface area (Å²) in [5.74, 6) is -3.06. The van der Waals surface area contributed by atoms with E-state index in [2.05, 4.69) is 0 Å². The smallest absolute Gasteiger partial charge is 0.304 e. The summed E-state index contributed by atoms with van der Waals surface area (Å²) in [4.78, 5) is 10.6. The van der Waals surface area contributed by atoms with Gasteiger partial charge in [-0.25, -0.2) is 4.39 Å². The number of hydrogen-bond acceptors (Lipinski definition) is 2. The van der Waals surface area contributed by atoms with E-state index >= 15 is 0 Å². The molecule has 17 heavy (non-hydrogen) atoms. The van der Waals surface area contributed by atoms with E-state index in [1.807, 2.05) is 0 Å². The van der Waals surface area contributed by atoms with Gasteiger partial charge >= 0.3 is 5.97 Å². The molecule has 5 heteroatoms. The minimum absolute atomic E-state index is 0.00390. The molecular formula is C12H12F2O3. The number of aliphatic carboxylic acids is 1. The van der Waals surface area contributed by atoms with Crippen LogP contribution < -0.4 is 4.74 Å². The van der Waals surface area contributed by atoms with Crippen LogP contribution in [0, 0.1) is 17.0 Å². The summed E-state index contributed by atoms with van der Waals surface area (Å²) in [6.07, 6.45) is 1.50.